The van der Waals surface area contributed by atoms with Gasteiger partial charge in [-0.1, -0.05) is 119 Å². The minimum atomic E-state index is -4.55. The molecule has 0 aliphatic carbocycles. The number of rotatable bonds is 8. The van der Waals surface area contributed by atoms with Crippen LogP contribution in [-0.4, -0.2) is 37.0 Å². The number of carbonyl (C=O) groups excluding carboxylic acids is 2. The largest absolute Gasteiger partial charge is 0.466 e. The zero-order valence-electron chi connectivity index (χ0n) is 29.5. The maximum Gasteiger partial charge on any atom is 0.330 e. The van der Waals surface area contributed by atoms with Crippen LogP contribution in [0.5, 0.6) is 0 Å². The highest BCUT2D eigenvalue weighted by Crippen LogP contribution is 2.52. The number of carbonyl (C=O) groups is 2. The lowest BCUT2D eigenvalue weighted by molar-refractivity contribution is -0.134. The Morgan fingerprint density at radius 2 is 1.12 bits per heavy atom. The van der Waals surface area contributed by atoms with E-state index in [4.69, 9.17) is 4.74 Å². The molecule has 0 fully saturated rings. The summed E-state index contributed by atoms with van der Waals surface area (Å²) >= 11 is 0. The van der Waals surface area contributed by atoms with Crippen LogP contribution in [0.1, 0.15) is 33.4 Å². The lowest BCUT2D eigenvalue weighted by Gasteiger charge is -2.32. The fraction of sp³-hybridized carbons (Fsp3) is 0.116. The molecule has 1 amide bonds. The van der Waals surface area contributed by atoms with Crippen molar-refractivity contribution >= 4 is 55.7 Å². The van der Waals surface area contributed by atoms with E-state index >= 15 is 4.79 Å². The maximum absolute atomic E-state index is 15.7. The molecule has 5 aromatic rings. The molecule has 6 rings (SSSR count). The number of esters is 1. The standard InChI is InChI=1S/C43H37N2O5PS/c1-29-6-18-35(19-7-29)51(36-20-8-30(2)9-21-36,37-22-10-31(3)11-23-37)42-39(26-27-40(46)50-5)41(34-16-14-33(28-44)15-17-34)45(43(42)47)52(48,49)38-24-12-32(4)13-25-38/h6-27H,1-5H3/b27-26+. The van der Waals surface area contributed by atoms with E-state index in [9.17, 15) is 18.5 Å². The Labute approximate surface area is 305 Å². The summed E-state index contributed by atoms with van der Waals surface area (Å²) in [6.07, 6.45) is 2.70. The summed E-state index contributed by atoms with van der Waals surface area (Å²) in [5.74, 6) is -1.41. The number of nitriles is 1. The minimum absolute atomic E-state index is 0.0694. The monoisotopic (exact) mass is 724 g/mol. The first-order valence-corrected chi connectivity index (χ1v) is 19.8. The smallest absolute Gasteiger partial charge is 0.330 e. The number of methoxy groups -OCH3 is 1. The van der Waals surface area contributed by atoms with Crippen LogP contribution in [0, 0.1) is 39.0 Å². The summed E-state index contributed by atoms with van der Waals surface area (Å²) in [5, 5.41) is 12.3. The van der Waals surface area contributed by atoms with Crippen LogP contribution in [-0.2, 0) is 24.3 Å². The Kier molecular flexibility index (Phi) is 10.0. The topological polar surface area (TPSA) is 105 Å². The van der Waals surface area contributed by atoms with Crippen molar-refractivity contribution in [2.24, 2.45) is 0 Å². The predicted molar refractivity (Wildman–Crippen MR) is 209 cm³/mol. The van der Waals surface area contributed by atoms with Crippen molar-refractivity contribution in [3.05, 3.63) is 172 Å². The molecule has 0 aromatic heterocycles. The molecule has 1 aliphatic rings. The molecule has 7 nitrogen and oxygen atoms in total. The van der Waals surface area contributed by atoms with Crippen molar-refractivity contribution < 1.29 is 22.7 Å². The number of hydrogen-bond donors (Lipinski definition) is 0. The Bertz CT molecular complexity index is 2340. The number of hydrogen-bond acceptors (Lipinski definition) is 6. The first-order valence-electron chi connectivity index (χ1n) is 16.6. The summed E-state index contributed by atoms with van der Waals surface area (Å²) in [5.41, 5.74) is 4.95. The average molecular weight is 725 g/mol. The van der Waals surface area contributed by atoms with E-state index in [1.54, 1.807) is 36.4 Å². The third kappa shape index (κ3) is 6.46. The van der Waals surface area contributed by atoms with Gasteiger partial charge in [0, 0.05) is 17.2 Å². The second-order valence-electron chi connectivity index (χ2n) is 12.7. The molecule has 9 heteroatoms. The van der Waals surface area contributed by atoms with Gasteiger partial charge in [0.2, 0.25) is 0 Å². The van der Waals surface area contributed by atoms with E-state index in [-0.39, 0.29) is 21.5 Å². The van der Waals surface area contributed by atoms with Gasteiger partial charge in [-0.2, -0.15) is 9.57 Å². The lowest BCUT2D eigenvalue weighted by Crippen LogP contribution is -2.39. The van der Waals surface area contributed by atoms with Gasteiger partial charge in [0.1, 0.15) is 0 Å². The molecule has 52 heavy (non-hydrogen) atoms. The lowest BCUT2D eigenvalue weighted by atomic mass is 10.0. The Balaban J connectivity index is 1.91. The van der Waals surface area contributed by atoms with Crippen LogP contribution in [0.3, 0.4) is 0 Å². The highest BCUT2D eigenvalue weighted by molar-refractivity contribution is 7.97. The SMILES string of the molecule is COC(=O)/C=C/C1=C(c2ccc(C#N)cc2)N(S(=O)(=O)c2ccc(C)cc2)C(=O)C1=P(c1ccc(C)cc1)(c1ccc(C)cc1)c1ccc(C)cc1. The third-order valence-corrected chi connectivity index (χ3v) is 15.2. The number of nitrogens with zero attached hydrogens (tertiary/aromatic N) is 2. The number of benzene rings is 5. The number of sulfonamides is 1. The van der Waals surface area contributed by atoms with Crippen molar-refractivity contribution in [2.75, 3.05) is 7.11 Å². The zero-order valence-corrected chi connectivity index (χ0v) is 31.2. The van der Waals surface area contributed by atoms with E-state index in [0.29, 0.717) is 11.1 Å². The van der Waals surface area contributed by atoms with Crippen molar-refractivity contribution in [2.45, 2.75) is 32.6 Å². The average Bonchev–Trinajstić information content (AvgIpc) is 3.45. The summed E-state index contributed by atoms with van der Waals surface area (Å²) in [7, 11) is -3.29. The van der Waals surface area contributed by atoms with Crippen LogP contribution in [0.25, 0.3) is 5.70 Å². The Morgan fingerprint density at radius 3 is 1.52 bits per heavy atom. The number of aryl methyl sites for hydroxylation is 4. The van der Waals surface area contributed by atoms with Gasteiger partial charge < -0.3 is 4.74 Å². The van der Waals surface area contributed by atoms with Gasteiger partial charge >= 0.3 is 5.97 Å². The van der Waals surface area contributed by atoms with Gasteiger partial charge in [-0.3, -0.25) is 4.79 Å². The molecule has 0 atom stereocenters. The van der Waals surface area contributed by atoms with Crippen LogP contribution in [0.2, 0.25) is 0 Å². The van der Waals surface area contributed by atoms with E-state index in [1.165, 1.54) is 31.4 Å². The molecular formula is C43H37N2O5PS. The second-order valence-corrected chi connectivity index (χ2v) is 17.8. The van der Waals surface area contributed by atoms with Gasteiger partial charge in [0.15, 0.2) is 0 Å². The number of ether oxygens (including phenoxy) is 1. The van der Waals surface area contributed by atoms with Gasteiger partial charge in [0.25, 0.3) is 15.9 Å². The summed E-state index contributed by atoms with van der Waals surface area (Å²) < 4.78 is 35.7. The van der Waals surface area contributed by atoms with Gasteiger partial charge in [-0.15, -0.1) is 0 Å². The Morgan fingerprint density at radius 1 is 0.692 bits per heavy atom. The molecule has 1 heterocycles. The van der Waals surface area contributed by atoms with Crippen LogP contribution in [0.15, 0.2) is 144 Å². The van der Waals surface area contributed by atoms with E-state index < -0.39 is 28.8 Å². The van der Waals surface area contributed by atoms with Gasteiger partial charge in [0.05, 0.1) is 34.6 Å². The summed E-state index contributed by atoms with van der Waals surface area (Å²) in [4.78, 5) is 28.4. The highest BCUT2D eigenvalue weighted by Gasteiger charge is 2.48. The van der Waals surface area contributed by atoms with Crippen LogP contribution >= 0.6 is 6.89 Å². The zero-order chi connectivity index (χ0) is 37.2. The summed E-state index contributed by atoms with van der Waals surface area (Å²) in [6.45, 7) is 4.53. The van der Waals surface area contributed by atoms with E-state index in [1.807, 2.05) is 100 Å². The van der Waals surface area contributed by atoms with Crippen molar-refractivity contribution in [1.82, 2.24) is 4.31 Å². The predicted octanol–water partition coefficient (Wildman–Crippen LogP) is 6.63. The van der Waals surface area contributed by atoms with Crippen molar-refractivity contribution in [3.63, 3.8) is 0 Å². The van der Waals surface area contributed by atoms with E-state index in [0.717, 1.165) is 42.5 Å². The fourth-order valence-electron chi connectivity index (χ4n) is 6.40. The van der Waals surface area contributed by atoms with Crippen LogP contribution in [0.4, 0.5) is 0 Å². The molecule has 1 aliphatic heterocycles. The molecule has 0 spiro atoms. The first-order chi connectivity index (χ1) is 24.9. The molecule has 0 bridgehead atoms. The van der Waals surface area contributed by atoms with E-state index in [2.05, 4.69) is 6.07 Å². The molecule has 0 saturated heterocycles. The van der Waals surface area contributed by atoms with Crippen LogP contribution < -0.4 is 15.9 Å². The van der Waals surface area contributed by atoms with Crippen molar-refractivity contribution in [3.8, 4) is 6.07 Å². The summed E-state index contributed by atoms with van der Waals surface area (Å²) in [6, 6.07) is 38.8. The first kappa shape index (κ1) is 36.1. The van der Waals surface area contributed by atoms with Gasteiger partial charge in [-0.05, 0) is 80.8 Å². The fourth-order valence-corrected chi connectivity index (χ4v) is 12.3. The van der Waals surface area contributed by atoms with Gasteiger partial charge in [-0.25, -0.2) is 13.2 Å². The molecule has 0 unspecified atom stereocenters. The molecule has 0 N–H and O–H groups in total. The third-order valence-electron chi connectivity index (χ3n) is 9.13. The number of allylic oxidation sites excluding steroid dienone is 1. The molecule has 260 valence electrons. The maximum atomic E-state index is 15.7. The van der Waals surface area contributed by atoms with Crippen molar-refractivity contribution in [1.29, 1.82) is 5.26 Å². The highest BCUT2D eigenvalue weighted by atomic mass is 32.2. The molecule has 5 aromatic carbocycles. The molecule has 0 radical (unpaired) electrons. The number of amides is 1. The minimum Gasteiger partial charge on any atom is -0.466 e. The molecule has 0 saturated carbocycles. The quantitative estimate of drug-likeness (QED) is 0.101. The Hall–Kier alpha value is -5.74. The second kappa shape index (κ2) is 14.5. The molecular weight excluding hydrogens is 688 g/mol. The normalized spacial score (nSPS) is 13.5.